The lowest BCUT2D eigenvalue weighted by atomic mass is 10.1. The van der Waals surface area contributed by atoms with Gasteiger partial charge < -0.3 is 4.74 Å². The molecule has 1 radical (unpaired) electrons. The fourth-order valence-electron chi connectivity index (χ4n) is 1.16. The van der Waals surface area contributed by atoms with Gasteiger partial charge >= 0.3 is 0 Å². The van der Waals surface area contributed by atoms with Crippen LogP contribution in [0.15, 0.2) is 24.3 Å². The first-order valence-corrected chi connectivity index (χ1v) is 3.59. The number of hydrogen-bond acceptors (Lipinski definition) is 1. The van der Waals surface area contributed by atoms with Gasteiger partial charge in [-0.25, -0.2) is 4.39 Å². The highest BCUT2D eigenvalue weighted by molar-refractivity contribution is 5.40. The highest BCUT2D eigenvalue weighted by atomic mass is 19.1. The van der Waals surface area contributed by atoms with E-state index in [4.69, 9.17) is 4.74 Å². The number of para-hydroxylation sites is 1. The van der Waals surface area contributed by atoms with Gasteiger partial charge in [0.2, 0.25) is 6.36 Å². The summed E-state index contributed by atoms with van der Waals surface area (Å²) in [6.45, 7) is 0. The monoisotopic (exact) mass is 151 g/mol. The van der Waals surface area contributed by atoms with Crippen LogP contribution in [-0.4, -0.2) is 6.36 Å². The predicted octanol–water partition coefficient (Wildman–Crippen LogP) is 2.32. The maximum Gasteiger partial charge on any atom is 0.239 e. The van der Waals surface area contributed by atoms with Gasteiger partial charge in [0, 0.05) is 12.8 Å². The van der Waals surface area contributed by atoms with E-state index in [9.17, 15) is 4.39 Å². The van der Waals surface area contributed by atoms with Gasteiger partial charge in [0.25, 0.3) is 0 Å². The Morgan fingerprint density at radius 3 is 3.09 bits per heavy atom. The van der Waals surface area contributed by atoms with Gasteiger partial charge in [-0.3, -0.25) is 0 Å². The summed E-state index contributed by atoms with van der Waals surface area (Å²) in [5, 5.41) is 0. The van der Waals surface area contributed by atoms with Gasteiger partial charge in [-0.05, 0) is 11.6 Å². The van der Waals surface area contributed by atoms with Crippen molar-refractivity contribution in [1.29, 1.82) is 0 Å². The van der Waals surface area contributed by atoms with Crippen LogP contribution in [0.1, 0.15) is 12.0 Å². The van der Waals surface area contributed by atoms with Gasteiger partial charge in [-0.2, -0.15) is 0 Å². The van der Waals surface area contributed by atoms with E-state index in [1.807, 2.05) is 24.6 Å². The van der Waals surface area contributed by atoms with E-state index in [1.54, 1.807) is 6.07 Å². The summed E-state index contributed by atoms with van der Waals surface area (Å²) < 4.78 is 17.5. The van der Waals surface area contributed by atoms with Gasteiger partial charge in [-0.15, -0.1) is 0 Å². The SMILES string of the molecule is FC1C[CH]c2ccccc2O1. The largest absolute Gasteiger partial charge is 0.460 e. The van der Waals surface area contributed by atoms with Crippen LogP contribution in [0.25, 0.3) is 0 Å². The molecule has 57 valence electrons. The van der Waals surface area contributed by atoms with E-state index in [-0.39, 0.29) is 0 Å². The van der Waals surface area contributed by atoms with Gasteiger partial charge in [-0.1, -0.05) is 18.2 Å². The third-order valence-electron chi connectivity index (χ3n) is 1.70. The lowest BCUT2D eigenvalue weighted by molar-refractivity contribution is 0.0593. The van der Waals surface area contributed by atoms with Crippen LogP contribution in [0.2, 0.25) is 0 Å². The molecule has 1 aliphatic heterocycles. The Labute approximate surface area is 64.8 Å². The minimum absolute atomic E-state index is 0.358. The van der Waals surface area contributed by atoms with Crippen molar-refractivity contribution < 1.29 is 9.13 Å². The molecule has 0 fully saturated rings. The Kier molecular flexibility index (Phi) is 1.53. The summed E-state index contributed by atoms with van der Waals surface area (Å²) in [4.78, 5) is 0. The number of halogens is 1. The predicted molar refractivity (Wildman–Crippen MR) is 40.0 cm³/mol. The third kappa shape index (κ3) is 1.20. The molecule has 1 heterocycles. The van der Waals surface area contributed by atoms with Crippen molar-refractivity contribution in [2.75, 3.05) is 0 Å². The van der Waals surface area contributed by atoms with E-state index < -0.39 is 6.36 Å². The maximum absolute atomic E-state index is 12.6. The molecule has 11 heavy (non-hydrogen) atoms. The van der Waals surface area contributed by atoms with Crippen molar-refractivity contribution in [3.8, 4) is 5.75 Å². The van der Waals surface area contributed by atoms with Crippen LogP contribution >= 0.6 is 0 Å². The first-order chi connectivity index (χ1) is 5.36. The average Bonchev–Trinajstić information content (AvgIpc) is 2.04. The molecule has 0 aromatic heterocycles. The van der Waals surface area contributed by atoms with Crippen molar-refractivity contribution >= 4 is 0 Å². The Bertz CT molecular complexity index is 259. The Balaban J connectivity index is 2.34. The van der Waals surface area contributed by atoms with Gasteiger partial charge in [0.05, 0.1) is 0 Å². The highest BCUT2D eigenvalue weighted by Crippen LogP contribution is 2.28. The molecule has 1 atom stereocenters. The van der Waals surface area contributed by atoms with Crippen LogP contribution in [0, 0.1) is 6.42 Å². The van der Waals surface area contributed by atoms with Crippen LogP contribution < -0.4 is 4.74 Å². The molecule has 0 aliphatic carbocycles. The maximum atomic E-state index is 12.6. The molecular formula is C9H8FO. The molecule has 0 N–H and O–H groups in total. The second-order valence-electron chi connectivity index (χ2n) is 2.51. The van der Waals surface area contributed by atoms with E-state index in [1.165, 1.54) is 0 Å². The summed E-state index contributed by atoms with van der Waals surface area (Å²) in [6, 6.07) is 7.45. The smallest absolute Gasteiger partial charge is 0.239 e. The molecule has 0 bridgehead atoms. The number of ether oxygens (including phenoxy) is 1. The molecule has 1 aromatic rings. The number of alkyl halides is 1. The summed E-state index contributed by atoms with van der Waals surface area (Å²) in [6.07, 6.45) is 1.05. The Morgan fingerprint density at radius 2 is 2.18 bits per heavy atom. The van der Waals surface area contributed by atoms with Crippen molar-refractivity contribution in [3.05, 3.63) is 36.2 Å². The lowest BCUT2D eigenvalue weighted by Gasteiger charge is -2.19. The van der Waals surface area contributed by atoms with E-state index in [2.05, 4.69) is 0 Å². The first kappa shape index (κ1) is 6.65. The van der Waals surface area contributed by atoms with Crippen LogP contribution in [0.4, 0.5) is 4.39 Å². The molecule has 0 spiro atoms. The fourth-order valence-corrected chi connectivity index (χ4v) is 1.16. The second kappa shape index (κ2) is 2.53. The number of hydrogen-bond donors (Lipinski definition) is 0. The highest BCUT2D eigenvalue weighted by Gasteiger charge is 2.17. The molecule has 2 rings (SSSR count). The summed E-state index contributed by atoms with van der Waals surface area (Å²) in [5.74, 6) is 0.645. The van der Waals surface area contributed by atoms with E-state index in [0.717, 1.165) is 5.56 Å². The molecule has 0 saturated heterocycles. The summed E-state index contributed by atoms with van der Waals surface area (Å²) >= 11 is 0. The second-order valence-corrected chi connectivity index (χ2v) is 2.51. The topological polar surface area (TPSA) is 9.23 Å². The molecule has 1 unspecified atom stereocenters. The Morgan fingerprint density at radius 1 is 1.36 bits per heavy atom. The molecule has 1 nitrogen and oxygen atoms in total. The third-order valence-corrected chi connectivity index (χ3v) is 1.70. The van der Waals surface area contributed by atoms with Crippen molar-refractivity contribution in [2.45, 2.75) is 12.8 Å². The van der Waals surface area contributed by atoms with Gasteiger partial charge in [0.1, 0.15) is 5.75 Å². The van der Waals surface area contributed by atoms with Crippen molar-refractivity contribution in [1.82, 2.24) is 0 Å². The molecule has 1 aromatic carbocycles. The molecule has 1 aliphatic rings. The summed E-state index contributed by atoms with van der Waals surface area (Å²) in [5.41, 5.74) is 0.987. The van der Waals surface area contributed by atoms with E-state index in [0.29, 0.717) is 12.2 Å². The molecule has 2 heteroatoms. The minimum Gasteiger partial charge on any atom is -0.460 e. The molecule has 0 amide bonds. The summed E-state index contributed by atoms with van der Waals surface area (Å²) in [7, 11) is 0. The molecule has 0 saturated carbocycles. The zero-order chi connectivity index (χ0) is 7.68. The molecular weight excluding hydrogens is 143 g/mol. The number of rotatable bonds is 0. The fraction of sp³-hybridized carbons (Fsp3) is 0.222. The number of benzene rings is 1. The van der Waals surface area contributed by atoms with Gasteiger partial charge in [0.15, 0.2) is 0 Å². The lowest BCUT2D eigenvalue weighted by Crippen LogP contribution is -2.15. The zero-order valence-corrected chi connectivity index (χ0v) is 5.96. The van der Waals surface area contributed by atoms with Crippen LogP contribution in [-0.2, 0) is 0 Å². The average molecular weight is 151 g/mol. The van der Waals surface area contributed by atoms with Crippen molar-refractivity contribution in [3.63, 3.8) is 0 Å². The Hall–Kier alpha value is -1.05. The number of fused-ring (bicyclic) bond motifs is 1. The van der Waals surface area contributed by atoms with Crippen LogP contribution in [0.3, 0.4) is 0 Å². The zero-order valence-electron chi connectivity index (χ0n) is 5.96. The van der Waals surface area contributed by atoms with Crippen LogP contribution in [0.5, 0.6) is 5.75 Å². The first-order valence-electron chi connectivity index (χ1n) is 3.59. The van der Waals surface area contributed by atoms with E-state index >= 15 is 0 Å². The minimum atomic E-state index is -1.16. The normalized spacial score (nSPS) is 22.1. The standard InChI is InChI=1S/C9H8FO/c10-9-6-5-7-3-1-2-4-8(7)11-9/h1-5,9H,6H2. The quantitative estimate of drug-likeness (QED) is 0.553. The van der Waals surface area contributed by atoms with Crippen molar-refractivity contribution in [2.24, 2.45) is 0 Å².